The minimum absolute atomic E-state index is 0.549. The Hall–Kier alpha value is -1.81. The first-order chi connectivity index (χ1) is 6.93. The van der Waals surface area contributed by atoms with E-state index in [-0.39, 0.29) is 0 Å². The number of rotatable bonds is 6. The number of nitrogens with one attached hydrogen (secondary N) is 1. The van der Waals surface area contributed by atoms with E-state index >= 15 is 0 Å². The van der Waals surface area contributed by atoms with Crippen molar-refractivity contribution in [3.63, 3.8) is 0 Å². The maximum Gasteiger partial charge on any atom is 0.222 e. The lowest BCUT2D eigenvalue weighted by molar-refractivity contribution is 0.766. The zero-order chi connectivity index (χ0) is 10.1. The number of aromatic nitrogens is 2. The molecule has 0 aromatic carbocycles. The summed E-state index contributed by atoms with van der Waals surface area (Å²) in [7, 11) is 0. The molecule has 0 spiro atoms. The van der Waals surface area contributed by atoms with Gasteiger partial charge in [0.25, 0.3) is 0 Å². The zero-order valence-electron chi connectivity index (χ0n) is 7.80. The van der Waals surface area contributed by atoms with Gasteiger partial charge in [0.1, 0.15) is 0 Å². The van der Waals surface area contributed by atoms with Crippen molar-refractivity contribution >= 4 is 5.95 Å². The average molecular weight is 192 g/mol. The molecule has 0 atom stereocenters. The lowest BCUT2D eigenvalue weighted by Crippen LogP contribution is -2.04. The molecule has 0 amide bonds. The van der Waals surface area contributed by atoms with Crippen molar-refractivity contribution in [2.45, 2.75) is 12.8 Å². The Balaban J connectivity index is 2.07. The molecule has 0 aliphatic carbocycles. The summed E-state index contributed by atoms with van der Waals surface area (Å²) in [5.41, 5.74) is 8.02. The number of unbranched alkanes of at least 4 members (excludes halogenated alkanes) is 1. The average Bonchev–Trinajstić information content (AvgIpc) is 2.25. The normalized spacial score (nSPS) is 9.14. The van der Waals surface area contributed by atoms with Gasteiger partial charge >= 0.3 is 0 Å². The second-order valence-electron chi connectivity index (χ2n) is 2.66. The fourth-order valence-corrected chi connectivity index (χ4v) is 0.943. The fourth-order valence-electron chi connectivity index (χ4n) is 0.943. The van der Waals surface area contributed by atoms with E-state index in [1.54, 1.807) is 18.5 Å². The molecule has 0 aliphatic rings. The Morgan fingerprint density at radius 1 is 1.36 bits per heavy atom. The van der Waals surface area contributed by atoms with Crippen LogP contribution in [0.2, 0.25) is 0 Å². The van der Waals surface area contributed by atoms with E-state index in [4.69, 9.17) is 5.53 Å². The number of hydrogen-bond acceptors (Lipinski definition) is 4. The first kappa shape index (κ1) is 10.3. The van der Waals surface area contributed by atoms with Crippen LogP contribution in [0.1, 0.15) is 12.8 Å². The van der Waals surface area contributed by atoms with Gasteiger partial charge in [-0.25, -0.2) is 9.97 Å². The van der Waals surface area contributed by atoms with Gasteiger partial charge in [0, 0.05) is 30.4 Å². The molecule has 1 heterocycles. The highest BCUT2D eigenvalue weighted by molar-refractivity contribution is 5.21. The Labute approximate surface area is 82.0 Å². The van der Waals surface area contributed by atoms with Crippen LogP contribution in [0.4, 0.5) is 5.95 Å². The molecule has 0 saturated heterocycles. The van der Waals surface area contributed by atoms with E-state index in [1.165, 1.54) is 0 Å². The number of nitrogens with zero attached hydrogens (tertiary/aromatic N) is 5. The van der Waals surface area contributed by atoms with E-state index < -0.39 is 0 Å². The van der Waals surface area contributed by atoms with Crippen molar-refractivity contribution in [3.8, 4) is 0 Å². The van der Waals surface area contributed by atoms with Crippen LogP contribution in [0.5, 0.6) is 0 Å². The lowest BCUT2D eigenvalue weighted by Gasteiger charge is -2.01. The van der Waals surface area contributed by atoms with Gasteiger partial charge in [0.2, 0.25) is 5.95 Å². The quantitative estimate of drug-likeness (QED) is 0.323. The van der Waals surface area contributed by atoms with Crippen molar-refractivity contribution in [2.24, 2.45) is 5.11 Å². The molecule has 6 heteroatoms. The standard InChI is InChI=1S/C8H12N6/c9-14-13-7-2-1-4-10-8-11-5-3-6-12-8/h3,5-6H,1-2,4,7H2,(H,10,11,12). The van der Waals surface area contributed by atoms with Crippen LogP contribution < -0.4 is 5.32 Å². The Kier molecular flexibility index (Phi) is 4.90. The summed E-state index contributed by atoms with van der Waals surface area (Å²) in [5.74, 6) is 0.635. The summed E-state index contributed by atoms with van der Waals surface area (Å²) in [6.45, 7) is 1.35. The van der Waals surface area contributed by atoms with E-state index in [1.807, 2.05) is 0 Å². The molecule has 1 aromatic heterocycles. The van der Waals surface area contributed by atoms with Crippen molar-refractivity contribution in [3.05, 3.63) is 28.9 Å². The Morgan fingerprint density at radius 3 is 2.86 bits per heavy atom. The molecule has 6 nitrogen and oxygen atoms in total. The molecule has 0 unspecified atom stereocenters. The topological polar surface area (TPSA) is 86.6 Å². The van der Waals surface area contributed by atoms with Gasteiger partial charge in [0.05, 0.1) is 0 Å². The van der Waals surface area contributed by atoms with Gasteiger partial charge < -0.3 is 5.32 Å². The largest absolute Gasteiger partial charge is 0.354 e. The van der Waals surface area contributed by atoms with Crippen molar-refractivity contribution in [1.82, 2.24) is 9.97 Å². The molecule has 0 aliphatic heterocycles. The van der Waals surface area contributed by atoms with Crippen molar-refractivity contribution in [1.29, 1.82) is 0 Å². The predicted molar refractivity (Wildman–Crippen MR) is 53.8 cm³/mol. The third-order valence-corrected chi connectivity index (χ3v) is 1.60. The number of hydrogen-bond donors (Lipinski definition) is 1. The highest BCUT2D eigenvalue weighted by Gasteiger charge is 1.91. The van der Waals surface area contributed by atoms with Gasteiger partial charge in [-0.15, -0.1) is 0 Å². The fraction of sp³-hybridized carbons (Fsp3) is 0.500. The summed E-state index contributed by atoms with van der Waals surface area (Å²) in [5, 5.41) is 6.50. The molecular weight excluding hydrogens is 180 g/mol. The highest BCUT2D eigenvalue weighted by atomic mass is 15.1. The predicted octanol–water partition coefficient (Wildman–Crippen LogP) is 1.98. The smallest absolute Gasteiger partial charge is 0.222 e. The molecule has 74 valence electrons. The van der Waals surface area contributed by atoms with Gasteiger partial charge in [-0.1, -0.05) is 5.11 Å². The van der Waals surface area contributed by atoms with Gasteiger partial charge in [-0.2, -0.15) is 0 Å². The molecule has 14 heavy (non-hydrogen) atoms. The monoisotopic (exact) mass is 192 g/mol. The van der Waals surface area contributed by atoms with E-state index in [9.17, 15) is 0 Å². The minimum Gasteiger partial charge on any atom is -0.354 e. The Bertz CT molecular complexity index is 292. The van der Waals surface area contributed by atoms with Crippen LogP contribution in [-0.4, -0.2) is 23.1 Å². The molecule has 0 radical (unpaired) electrons. The molecule has 0 saturated carbocycles. The third kappa shape index (κ3) is 4.27. The first-order valence-corrected chi connectivity index (χ1v) is 4.45. The molecule has 0 fully saturated rings. The second kappa shape index (κ2) is 6.68. The summed E-state index contributed by atoms with van der Waals surface area (Å²) in [6, 6.07) is 1.77. The molecular formula is C8H12N6. The third-order valence-electron chi connectivity index (χ3n) is 1.60. The molecule has 1 N–H and O–H groups in total. The first-order valence-electron chi connectivity index (χ1n) is 4.45. The van der Waals surface area contributed by atoms with Gasteiger partial charge in [0.15, 0.2) is 0 Å². The molecule has 0 bridgehead atoms. The van der Waals surface area contributed by atoms with E-state index in [0.717, 1.165) is 19.4 Å². The van der Waals surface area contributed by atoms with Crippen LogP contribution >= 0.6 is 0 Å². The minimum atomic E-state index is 0.549. The molecule has 1 aromatic rings. The number of azide groups is 1. The van der Waals surface area contributed by atoms with E-state index in [0.29, 0.717) is 12.5 Å². The van der Waals surface area contributed by atoms with E-state index in [2.05, 4.69) is 25.3 Å². The summed E-state index contributed by atoms with van der Waals surface area (Å²) in [6.07, 6.45) is 5.20. The van der Waals surface area contributed by atoms with Crippen LogP contribution in [0.3, 0.4) is 0 Å². The zero-order valence-corrected chi connectivity index (χ0v) is 7.80. The second-order valence-corrected chi connectivity index (χ2v) is 2.66. The summed E-state index contributed by atoms with van der Waals surface area (Å²) in [4.78, 5) is 10.7. The summed E-state index contributed by atoms with van der Waals surface area (Å²) < 4.78 is 0. The maximum absolute atomic E-state index is 8.02. The van der Waals surface area contributed by atoms with Crippen LogP contribution in [0.15, 0.2) is 23.6 Å². The molecule has 1 rings (SSSR count). The maximum atomic E-state index is 8.02. The Morgan fingerprint density at radius 2 is 2.14 bits per heavy atom. The SMILES string of the molecule is [N-]=[N+]=NCCCCNc1ncccn1. The van der Waals surface area contributed by atoms with Gasteiger partial charge in [-0.3, -0.25) is 0 Å². The lowest BCUT2D eigenvalue weighted by atomic mass is 10.3. The summed E-state index contributed by atoms with van der Waals surface area (Å²) >= 11 is 0. The van der Waals surface area contributed by atoms with Crippen molar-refractivity contribution < 1.29 is 0 Å². The van der Waals surface area contributed by atoms with Gasteiger partial charge in [-0.05, 0) is 24.4 Å². The van der Waals surface area contributed by atoms with Crippen LogP contribution in [-0.2, 0) is 0 Å². The van der Waals surface area contributed by atoms with Crippen LogP contribution in [0, 0.1) is 0 Å². The van der Waals surface area contributed by atoms with Crippen molar-refractivity contribution in [2.75, 3.05) is 18.4 Å². The highest BCUT2D eigenvalue weighted by Crippen LogP contribution is 1.95. The van der Waals surface area contributed by atoms with Crippen LogP contribution in [0.25, 0.3) is 10.4 Å². The number of anilines is 1.